The van der Waals surface area contributed by atoms with Crippen LogP contribution in [0.15, 0.2) is 41.2 Å². The summed E-state index contributed by atoms with van der Waals surface area (Å²) in [5.74, 6) is 0.570. The molecule has 27 heavy (non-hydrogen) atoms. The van der Waals surface area contributed by atoms with Gasteiger partial charge in [0.15, 0.2) is 11.5 Å². The van der Waals surface area contributed by atoms with Crippen molar-refractivity contribution in [2.45, 2.75) is 13.0 Å². The number of nitrogens with zero attached hydrogens (tertiary/aromatic N) is 1. The van der Waals surface area contributed by atoms with Gasteiger partial charge in [-0.3, -0.25) is 9.59 Å². The fourth-order valence-electron chi connectivity index (χ4n) is 2.91. The Labute approximate surface area is 158 Å². The molecular formula is C19H15ClN2O5. The number of aromatic amines is 1. The number of benzene rings is 2. The first-order chi connectivity index (χ1) is 13.1. The Morgan fingerprint density at radius 1 is 1.19 bits per heavy atom. The van der Waals surface area contributed by atoms with Gasteiger partial charge in [0.25, 0.3) is 5.56 Å². The van der Waals surface area contributed by atoms with Crippen LogP contribution in [0.5, 0.6) is 11.5 Å². The maximum Gasteiger partial charge on any atom is 0.312 e. The fraction of sp³-hybridized carbons (Fsp3) is 0.211. The molecule has 0 saturated heterocycles. The molecule has 0 amide bonds. The van der Waals surface area contributed by atoms with Gasteiger partial charge >= 0.3 is 5.97 Å². The predicted molar refractivity (Wildman–Crippen MR) is 98.3 cm³/mol. The molecule has 3 aromatic rings. The number of nitrogens with one attached hydrogen (secondary N) is 1. The molecule has 4 rings (SSSR count). The highest BCUT2D eigenvalue weighted by Crippen LogP contribution is 2.38. The van der Waals surface area contributed by atoms with Crippen LogP contribution in [0, 0.1) is 0 Å². The van der Waals surface area contributed by atoms with Crippen molar-refractivity contribution in [2.24, 2.45) is 0 Å². The Kier molecular flexibility index (Phi) is 4.68. The van der Waals surface area contributed by atoms with E-state index < -0.39 is 5.97 Å². The van der Waals surface area contributed by atoms with E-state index in [0.717, 1.165) is 0 Å². The van der Waals surface area contributed by atoms with E-state index in [-0.39, 0.29) is 18.6 Å². The van der Waals surface area contributed by atoms with Crippen molar-refractivity contribution in [1.29, 1.82) is 0 Å². The third kappa shape index (κ3) is 3.59. The fourth-order valence-corrected chi connectivity index (χ4v) is 3.19. The second-order valence-electron chi connectivity index (χ2n) is 5.98. The van der Waals surface area contributed by atoms with Crippen molar-refractivity contribution >= 4 is 28.3 Å². The summed E-state index contributed by atoms with van der Waals surface area (Å²) in [5, 5.41) is 7.89. The number of ether oxygens (including phenoxy) is 3. The maximum absolute atomic E-state index is 12.2. The van der Waals surface area contributed by atoms with Gasteiger partial charge in [-0.05, 0) is 23.8 Å². The minimum atomic E-state index is -0.467. The van der Waals surface area contributed by atoms with Gasteiger partial charge in [-0.1, -0.05) is 29.8 Å². The summed E-state index contributed by atoms with van der Waals surface area (Å²) in [4.78, 5) is 24.1. The molecule has 1 aliphatic rings. The third-order valence-electron chi connectivity index (χ3n) is 4.14. The minimum Gasteiger partial charge on any atom is -0.486 e. The van der Waals surface area contributed by atoms with Crippen molar-refractivity contribution in [2.75, 3.05) is 13.2 Å². The zero-order chi connectivity index (χ0) is 18.8. The molecule has 1 aliphatic heterocycles. The molecule has 0 spiro atoms. The molecule has 0 unspecified atom stereocenters. The summed E-state index contributed by atoms with van der Waals surface area (Å²) >= 11 is 6.18. The summed E-state index contributed by atoms with van der Waals surface area (Å²) in [6.45, 7) is 0.926. The van der Waals surface area contributed by atoms with Crippen LogP contribution in [0.25, 0.3) is 10.8 Å². The number of hydrogen-bond donors (Lipinski definition) is 1. The van der Waals surface area contributed by atoms with Crippen LogP contribution in [0.2, 0.25) is 5.02 Å². The van der Waals surface area contributed by atoms with E-state index in [1.54, 1.807) is 36.4 Å². The number of H-pyrrole nitrogens is 1. The van der Waals surface area contributed by atoms with Gasteiger partial charge in [0.2, 0.25) is 0 Å². The van der Waals surface area contributed by atoms with E-state index in [0.29, 0.717) is 51.8 Å². The molecule has 2 aromatic carbocycles. The van der Waals surface area contributed by atoms with Crippen LogP contribution in [-0.4, -0.2) is 29.4 Å². The lowest BCUT2D eigenvalue weighted by Gasteiger charge is -2.20. The third-order valence-corrected chi connectivity index (χ3v) is 4.42. The second kappa shape index (κ2) is 7.28. The number of rotatable bonds is 4. The van der Waals surface area contributed by atoms with Gasteiger partial charge in [0.1, 0.15) is 19.8 Å². The molecule has 0 aliphatic carbocycles. The highest BCUT2D eigenvalue weighted by atomic mass is 35.5. The number of halogens is 1. The van der Waals surface area contributed by atoms with E-state index in [1.807, 2.05) is 0 Å². The lowest BCUT2D eigenvalue weighted by molar-refractivity contribution is -0.144. The number of fused-ring (bicyclic) bond motifs is 2. The molecule has 138 valence electrons. The predicted octanol–water partition coefficient (Wildman–Crippen LogP) is 2.63. The van der Waals surface area contributed by atoms with Crippen LogP contribution >= 0.6 is 11.6 Å². The quantitative estimate of drug-likeness (QED) is 0.693. The molecule has 0 atom stereocenters. The van der Waals surface area contributed by atoms with Gasteiger partial charge in [0.05, 0.1) is 22.5 Å². The summed E-state index contributed by atoms with van der Waals surface area (Å²) in [7, 11) is 0. The molecule has 8 heteroatoms. The van der Waals surface area contributed by atoms with Crippen LogP contribution in [0.3, 0.4) is 0 Å². The summed E-state index contributed by atoms with van der Waals surface area (Å²) in [6.07, 6.45) is -0.0599. The van der Waals surface area contributed by atoms with Crippen molar-refractivity contribution < 1.29 is 19.0 Å². The van der Waals surface area contributed by atoms with E-state index >= 15 is 0 Å². The second-order valence-corrected chi connectivity index (χ2v) is 6.39. The molecule has 0 saturated carbocycles. The zero-order valence-corrected chi connectivity index (χ0v) is 14.9. The topological polar surface area (TPSA) is 90.5 Å². The lowest BCUT2D eigenvalue weighted by Crippen LogP contribution is -2.16. The Hall–Kier alpha value is -3.06. The Morgan fingerprint density at radius 3 is 2.81 bits per heavy atom. The Balaban J connectivity index is 1.47. The molecule has 0 fully saturated rings. The average Bonchev–Trinajstić information content (AvgIpc) is 2.69. The van der Waals surface area contributed by atoms with E-state index in [4.69, 9.17) is 25.8 Å². The van der Waals surface area contributed by atoms with Gasteiger partial charge in [-0.2, -0.15) is 5.10 Å². The molecule has 0 radical (unpaired) electrons. The number of carbonyl (C=O) groups excluding carboxylic acids is 1. The summed E-state index contributed by atoms with van der Waals surface area (Å²) in [5.41, 5.74) is 0.848. The van der Waals surface area contributed by atoms with Crippen LogP contribution in [0.4, 0.5) is 0 Å². The summed E-state index contributed by atoms with van der Waals surface area (Å²) < 4.78 is 16.3. The molecule has 0 bridgehead atoms. The number of carbonyl (C=O) groups is 1. The summed E-state index contributed by atoms with van der Waals surface area (Å²) in [6, 6.07) is 10.4. The lowest BCUT2D eigenvalue weighted by atomic mass is 10.1. The highest BCUT2D eigenvalue weighted by Gasteiger charge is 2.18. The zero-order valence-electron chi connectivity index (χ0n) is 14.2. The largest absolute Gasteiger partial charge is 0.486 e. The maximum atomic E-state index is 12.2. The number of hydrogen-bond acceptors (Lipinski definition) is 6. The van der Waals surface area contributed by atoms with Crippen LogP contribution in [-0.2, 0) is 22.6 Å². The van der Waals surface area contributed by atoms with Crippen molar-refractivity contribution in [3.8, 4) is 11.5 Å². The van der Waals surface area contributed by atoms with Gasteiger partial charge in [-0.15, -0.1) is 0 Å². The number of aromatic nitrogens is 2. The molecular weight excluding hydrogens is 372 g/mol. The highest BCUT2D eigenvalue weighted by molar-refractivity contribution is 6.32. The molecule has 2 heterocycles. The first-order valence-electron chi connectivity index (χ1n) is 8.32. The Bertz CT molecular complexity index is 1080. The van der Waals surface area contributed by atoms with Crippen molar-refractivity contribution in [3.05, 3.63) is 63.0 Å². The van der Waals surface area contributed by atoms with Gasteiger partial charge in [0, 0.05) is 5.39 Å². The van der Waals surface area contributed by atoms with E-state index in [2.05, 4.69) is 10.2 Å². The molecule has 1 N–H and O–H groups in total. The Morgan fingerprint density at radius 2 is 1.96 bits per heavy atom. The standard InChI is InChI=1S/C19H15ClN2O5/c20-14-7-11(8-16-18(14)26-6-5-25-16)10-27-17(23)9-15-12-3-1-2-4-13(12)19(24)22-21-15/h1-4,7-8H,5-6,9-10H2,(H,22,24). The first kappa shape index (κ1) is 17.4. The van der Waals surface area contributed by atoms with E-state index in [9.17, 15) is 9.59 Å². The minimum absolute atomic E-state index is 0.0382. The first-order valence-corrected chi connectivity index (χ1v) is 8.69. The molecule has 7 nitrogen and oxygen atoms in total. The smallest absolute Gasteiger partial charge is 0.312 e. The van der Waals surface area contributed by atoms with Gasteiger partial charge < -0.3 is 14.2 Å². The van der Waals surface area contributed by atoms with Gasteiger partial charge in [-0.25, -0.2) is 5.10 Å². The average molecular weight is 387 g/mol. The van der Waals surface area contributed by atoms with Crippen molar-refractivity contribution in [1.82, 2.24) is 10.2 Å². The van der Waals surface area contributed by atoms with Crippen LogP contribution < -0.4 is 15.0 Å². The SMILES string of the molecule is O=C(Cc1n[nH]c(=O)c2ccccc12)OCc1cc(Cl)c2c(c1)OCCO2. The monoisotopic (exact) mass is 386 g/mol. The number of esters is 1. The van der Waals surface area contributed by atoms with E-state index in [1.165, 1.54) is 0 Å². The van der Waals surface area contributed by atoms with Crippen LogP contribution in [0.1, 0.15) is 11.3 Å². The molecule has 1 aromatic heterocycles. The normalized spacial score (nSPS) is 12.8. The van der Waals surface area contributed by atoms with Crippen molar-refractivity contribution in [3.63, 3.8) is 0 Å².